The summed E-state index contributed by atoms with van der Waals surface area (Å²) in [5.74, 6) is -0.777. The summed E-state index contributed by atoms with van der Waals surface area (Å²) in [6.45, 7) is 0. The lowest BCUT2D eigenvalue weighted by atomic mass is 10.1. The van der Waals surface area contributed by atoms with Gasteiger partial charge in [0.15, 0.2) is 9.84 Å². The Hall–Kier alpha value is -0.920. The summed E-state index contributed by atoms with van der Waals surface area (Å²) in [6.07, 6.45) is 1.04. The fourth-order valence-electron chi connectivity index (χ4n) is 1.65. The molecule has 1 rings (SSSR count). The van der Waals surface area contributed by atoms with Crippen molar-refractivity contribution in [2.45, 2.75) is 6.04 Å². The van der Waals surface area contributed by atoms with E-state index in [1.165, 1.54) is 0 Å². The normalized spacial score (nSPS) is 14.2. The smallest absolute Gasteiger partial charge is 0.153 e. The summed E-state index contributed by atoms with van der Waals surface area (Å²) in [6, 6.07) is 8.88. The zero-order valence-electron chi connectivity index (χ0n) is 11.0. The van der Waals surface area contributed by atoms with Crippen molar-refractivity contribution in [1.29, 1.82) is 0 Å². The Morgan fingerprint density at radius 1 is 1.05 bits per heavy atom. The van der Waals surface area contributed by atoms with Gasteiger partial charge >= 0.3 is 0 Å². The molecule has 108 valence electrons. The highest BCUT2D eigenvalue weighted by Gasteiger charge is 2.21. The predicted molar refractivity (Wildman–Crippen MR) is 76.6 cm³/mol. The highest BCUT2D eigenvalue weighted by atomic mass is 32.2. The first-order chi connectivity index (χ1) is 8.73. The van der Waals surface area contributed by atoms with Crippen LogP contribution in [-0.4, -0.2) is 47.4 Å². The van der Waals surface area contributed by atoms with E-state index in [1.807, 2.05) is 30.3 Å². The van der Waals surface area contributed by atoms with E-state index in [4.69, 9.17) is 0 Å². The van der Waals surface area contributed by atoms with Crippen LogP contribution in [0.3, 0.4) is 0 Å². The number of hydrogen-bond donors (Lipinski definition) is 1. The first-order valence-electron chi connectivity index (χ1n) is 5.84. The molecule has 19 heavy (non-hydrogen) atoms. The Balaban J connectivity index is 2.76. The van der Waals surface area contributed by atoms with Crippen LogP contribution in [0.5, 0.6) is 0 Å². The maximum absolute atomic E-state index is 11.9. The minimum absolute atomic E-state index is 0.108. The van der Waals surface area contributed by atoms with Crippen LogP contribution in [0.1, 0.15) is 11.6 Å². The lowest BCUT2D eigenvalue weighted by Crippen LogP contribution is -2.28. The van der Waals surface area contributed by atoms with E-state index in [0.29, 0.717) is 0 Å². The maximum Gasteiger partial charge on any atom is 0.153 e. The molecule has 0 bridgehead atoms. The molecule has 0 aliphatic rings. The van der Waals surface area contributed by atoms with E-state index in [-0.39, 0.29) is 23.3 Å². The van der Waals surface area contributed by atoms with Crippen LogP contribution in [0.25, 0.3) is 0 Å². The molecule has 5 nitrogen and oxygen atoms in total. The first kappa shape index (κ1) is 16.1. The van der Waals surface area contributed by atoms with E-state index >= 15 is 0 Å². The number of benzene rings is 1. The Kier molecular flexibility index (Phi) is 5.51. The molecule has 0 fully saturated rings. The molecule has 1 unspecified atom stereocenters. The number of rotatable bonds is 7. The molecule has 0 saturated carbocycles. The van der Waals surface area contributed by atoms with Crippen LogP contribution in [0, 0.1) is 0 Å². The van der Waals surface area contributed by atoms with Crippen molar-refractivity contribution in [3.05, 3.63) is 35.9 Å². The minimum Gasteiger partial charge on any atom is -0.312 e. The average molecular weight is 305 g/mol. The van der Waals surface area contributed by atoms with Crippen LogP contribution in [0.2, 0.25) is 0 Å². The van der Waals surface area contributed by atoms with Gasteiger partial charge in [0.05, 0.1) is 17.3 Å². The predicted octanol–water partition coefficient (Wildman–Crippen LogP) is 0.407. The van der Waals surface area contributed by atoms with Crippen molar-refractivity contribution in [1.82, 2.24) is 5.32 Å². The Morgan fingerprint density at radius 2 is 1.63 bits per heavy atom. The van der Waals surface area contributed by atoms with Crippen molar-refractivity contribution in [3.8, 4) is 0 Å². The van der Waals surface area contributed by atoms with E-state index in [1.54, 1.807) is 7.05 Å². The van der Waals surface area contributed by atoms with Gasteiger partial charge in [0.2, 0.25) is 0 Å². The van der Waals surface area contributed by atoms with Crippen molar-refractivity contribution in [2.24, 2.45) is 0 Å². The fraction of sp³-hybridized carbons (Fsp3) is 0.500. The molecule has 1 aromatic carbocycles. The second kappa shape index (κ2) is 6.49. The quantitative estimate of drug-likeness (QED) is 0.789. The molecule has 1 aromatic rings. The van der Waals surface area contributed by atoms with Gasteiger partial charge in [-0.05, 0) is 12.6 Å². The summed E-state index contributed by atoms with van der Waals surface area (Å²) >= 11 is 0. The van der Waals surface area contributed by atoms with Crippen LogP contribution < -0.4 is 5.32 Å². The maximum atomic E-state index is 11.9. The monoisotopic (exact) mass is 305 g/mol. The summed E-state index contributed by atoms with van der Waals surface area (Å²) < 4.78 is 45.9. The molecule has 0 radical (unpaired) electrons. The largest absolute Gasteiger partial charge is 0.312 e. The van der Waals surface area contributed by atoms with Crippen LogP contribution in [0.15, 0.2) is 30.3 Å². The van der Waals surface area contributed by atoms with Gasteiger partial charge in [-0.25, -0.2) is 16.8 Å². The summed E-state index contributed by atoms with van der Waals surface area (Å²) in [5, 5.41) is 2.94. The van der Waals surface area contributed by atoms with Crippen LogP contribution in [0.4, 0.5) is 0 Å². The Bertz CT molecular complexity index is 594. The van der Waals surface area contributed by atoms with E-state index in [2.05, 4.69) is 5.32 Å². The minimum atomic E-state index is -3.42. The lowest BCUT2D eigenvalue weighted by Gasteiger charge is -2.16. The highest BCUT2D eigenvalue weighted by Crippen LogP contribution is 2.14. The molecule has 0 aliphatic heterocycles. The number of sulfone groups is 2. The third kappa shape index (κ3) is 6.17. The molecular weight excluding hydrogens is 286 g/mol. The van der Waals surface area contributed by atoms with Gasteiger partial charge in [-0.3, -0.25) is 0 Å². The van der Waals surface area contributed by atoms with E-state index in [0.717, 1.165) is 11.8 Å². The molecule has 0 amide bonds. The SMILES string of the molecule is CNC(CS(=O)(=O)CCS(C)(=O)=O)c1ccccc1. The fourth-order valence-corrected chi connectivity index (χ4v) is 4.91. The van der Waals surface area contributed by atoms with Gasteiger partial charge in [0, 0.05) is 12.3 Å². The molecule has 0 heterocycles. The van der Waals surface area contributed by atoms with Gasteiger partial charge < -0.3 is 5.32 Å². The molecule has 7 heteroatoms. The summed E-state index contributed by atoms with van der Waals surface area (Å²) in [5.41, 5.74) is 0.868. The zero-order chi connectivity index (χ0) is 14.5. The highest BCUT2D eigenvalue weighted by molar-refractivity contribution is 7.94. The number of nitrogens with one attached hydrogen (secondary N) is 1. The molecule has 0 aromatic heterocycles. The molecule has 0 spiro atoms. The van der Waals surface area contributed by atoms with Gasteiger partial charge in [-0.1, -0.05) is 30.3 Å². The van der Waals surface area contributed by atoms with Crippen LogP contribution >= 0.6 is 0 Å². The van der Waals surface area contributed by atoms with Gasteiger partial charge in [-0.15, -0.1) is 0 Å². The second-order valence-electron chi connectivity index (χ2n) is 4.50. The lowest BCUT2D eigenvalue weighted by molar-refractivity contribution is 0.572. The van der Waals surface area contributed by atoms with Gasteiger partial charge in [0.25, 0.3) is 0 Å². The average Bonchev–Trinajstić information content (AvgIpc) is 2.34. The number of hydrogen-bond acceptors (Lipinski definition) is 5. The third-order valence-electron chi connectivity index (χ3n) is 2.74. The van der Waals surface area contributed by atoms with Crippen molar-refractivity contribution >= 4 is 19.7 Å². The second-order valence-corrected chi connectivity index (χ2v) is 8.98. The Labute approximate surface area is 114 Å². The molecule has 0 aliphatic carbocycles. The van der Waals surface area contributed by atoms with Crippen molar-refractivity contribution in [3.63, 3.8) is 0 Å². The zero-order valence-corrected chi connectivity index (χ0v) is 12.7. The first-order valence-corrected chi connectivity index (χ1v) is 9.72. The van der Waals surface area contributed by atoms with Crippen LogP contribution in [-0.2, 0) is 19.7 Å². The molecule has 1 atom stereocenters. The van der Waals surface area contributed by atoms with Gasteiger partial charge in [-0.2, -0.15) is 0 Å². The molecular formula is C12H19NO4S2. The topological polar surface area (TPSA) is 80.3 Å². The van der Waals surface area contributed by atoms with Crippen molar-refractivity contribution in [2.75, 3.05) is 30.6 Å². The molecule has 0 saturated heterocycles. The third-order valence-corrected chi connectivity index (χ3v) is 5.61. The Morgan fingerprint density at radius 3 is 2.11 bits per heavy atom. The van der Waals surface area contributed by atoms with Gasteiger partial charge in [0.1, 0.15) is 9.84 Å². The van der Waals surface area contributed by atoms with E-state index in [9.17, 15) is 16.8 Å². The summed E-state index contributed by atoms with van der Waals surface area (Å²) in [7, 11) is -5.00. The standard InChI is InChI=1S/C12H19NO4S2/c1-13-12(11-6-4-3-5-7-11)10-19(16,17)9-8-18(2,14)15/h3-7,12-13H,8-10H2,1-2H3. The van der Waals surface area contributed by atoms with E-state index < -0.39 is 19.7 Å². The van der Waals surface area contributed by atoms with Crippen molar-refractivity contribution < 1.29 is 16.8 Å². The molecule has 1 N–H and O–H groups in total. The summed E-state index contributed by atoms with van der Waals surface area (Å²) in [4.78, 5) is 0.